The highest BCUT2D eigenvalue weighted by molar-refractivity contribution is 9.10. The van der Waals surface area contributed by atoms with Gasteiger partial charge >= 0.3 is 0 Å². The molecule has 96 valence electrons. The molecule has 0 aliphatic rings. The van der Waals surface area contributed by atoms with E-state index < -0.39 is 0 Å². The minimum Gasteiger partial charge on any atom is -0.383 e. The zero-order valence-electron chi connectivity index (χ0n) is 10.5. The molecule has 2 heterocycles. The molecule has 4 nitrogen and oxygen atoms in total. The molecule has 0 radical (unpaired) electrons. The third-order valence-electron chi connectivity index (χ3n) is 2.72. The molecule has 1 unspecified atom stereocenters. The second kappa shape index (κ2) is 5.24. The van der Waals surface area contributed by atoms with E-state index in [0.717, 1.165) is 5.82 Å². The van der Waals surface area contributed by atoms with Crippen LogP contribution in [-0.4, -0.2) is 9.97 Å². The summed E-state index contributed by atoms with van der Waals surface area (Å²) in [5.41, 5.74) is 7.03. The van der Waals surface area contributed by atoms with Crippen molar-refractivity contribution in [3.8, 4) is 0 Å². The first-order valence-electron chi connectivity index (χ1n) is 5.58. The highest BCUT2D eigenvalue weighted by Crippen LogP contribution is 2.31. The van der Waals surface area contributed by atoms with Gasteiger partial charge in [-0.1, -0.05) is 0 Å². The Balaban J connectivity index is 2.24. The van der Waals surface area contributed by atoms with Crippen LogP contribution in [0.2, 0.25) is 0 Å². The SMILES string of the molecule is Cc1cc(C(C)Nc2ncnc(N)c2Br)c(C)s1. The normalized spacial score (nSPS) is 12.4. The van der Waals surface area contributed by atoms with Gasteiger partial charge < -0.3 is 11.1 Å². The maximum atomic E-state index is 5.73. The predicted molar refractivity (Wildman–Crippen MR) is 80.0 cm³/mol. The van der Waals surface area contributed by atoms with Gasteiger partial charge in [0.2, 0.25) is 0 Å². The Labute approximate surface area is 119 Å². The van der Waals surface area contributed by atoms with Crippen molar-refractivity contribution >= 4 is 38.9 Å². The minimum atomic E-state index is 0.181. The van der Waals surface area contributed by atoms with Gasteiger partial charge in [0.05, 0.1) is 6.04 Å². The second-order valence-corrected chi connectivity index (χ2v) is 6.41. The lowest BCUT2D eigenvalue weighted by atomic mass is 10.1. The van der Waals surface area contributed by atoms with Crippen molar-refractivity contribution in [1.82, 2.24) is 9.97 Å². The molecule has 6 heteroatoms. The Hall–Kier alpha value is -1.14. The first kappa shape index (κ1) is 13.3. The Morgan fingerprint density at radius 1 is 1.39 bits per heavy atom. The number of anilines is 2. The van der Waals surface area contributed by atoms with E-state index in [0.29, 0.717) is 10.3 Å². The van der Waals surface area contributed by atoms with E-state index in [4.69, 9.17) is 5.73 Å². The fraction of sp³-hybridized carbons (Fsp3) is 0.333. The lowest BCUT2D eigenvalue weighted by Crippen LogP contribution is -2.09. The molecule has 2 rings (SSSR count). The lowest BCUT2D eigenvalue weighted by molar-refractivity contribution is 0.867. The van der Waals surface area contributed by atoms with Crippen molar-refractivity contribution in [3.05, 3.63) is 32.2 Å². The maximum absolute atomic E-state index is 5.73. The molecule has 2 aromatic rings. The molecule has 0 bridgehead atoms. The molecule has 0 fully saturated rings. The van der Waals surface area contributed by atoms with E-state index in [9.17, 15) is 0 Å². The van der Waals surface area contributed by atoms with Crippen LogP contribution in [0.15, 0.2) is 16.9 Å². The van der Waals surface area contributed by atoms with E-state index in [-0.39, 0.29) is 6.04 Å². The molecule has 0 saturated heterocycles. The lowest BCUT2D eigenvalue weighted by Gasteiger charge is -2.15. The highest BCUT2D eigenvalue weighted by Gasteiger charge is 2.14. The number of thiophene rings is 1. The van der Waals surface area contributed by atoms with Crippen LogP contribution in [0, 0.1) is 13.8 Å². The molecule has 18 heavy (non-hydrogen) atoms. The van der Waals surface area contributed by atoms with Gasteiger partial charge in [0.25, 0.3) is 0 Å². The number of rotatable bonds is 3. The molecule has 0 amide bonds. The number of aromatic nitrogens is 2. The molecule has 0 saturated carbocycles. The van der Waals surface area contributed by atoms with Gasteiger partial charge in [-0.2, -0.15) is 0 Å². The van der Waals surface area contributed by atoms with Gasteiger partial charge in [0.1, 0.15) is 22.4 Å². The molecule has 3 N–H and O–H groups in total. The Morgan fingerprint density at radius 2 is 2.11 bits per heavy atom. The molecular weight excluding hydrogens is 312 g/mol. The summed E-state index contributed by atoms with van der Waals surface area (Å²) in [6, 6.07) is 2.39. The van der Waals surface area contributed by atoms with Crippen LogP contribution >= 0.6 is 27.3 Å². The van der Waals surface area contributed by atoms with E-state index in [1.54, 1.807) is 11.3 Å². The third-order valence-corrected chi connectivity index (χ3v) is 4.48. The van der Waals surface area contributed by atoms with Crippen molar-refractivity contribution in [2.75, 3.05) is 11.1 Å². The summed E-state index contributed by atoms with van der Waals surface area (Å²) in [5, 5.41) is 3.35. The number of halogens is 1. The average Bonchev–Trinajstić information content (AvgIpc) is 2.64. The van der Waals surface area contributed by atoms with Crippen LogP contribution in [-0.2, 0) is 0 Å². The number of aryl methyl sites for hydroxylation is 2. The summed E-state index contributed by atoms with van der Waals surface area (Å²) < 4.78 is 0.710. The number of nitrogens with two attached hydrogens (primary N) is 1. The highest BCUT2D eigenvalue weighted by atomic mass is 79.9. The Kier molecular flexibility index (Phi) is 3.87. The van der Waals surface area contributed by atoms with Crippen molar-refractivity contribution in [2.45, 2.75) is 26.8 Å². The van der Waals surface area contributed by atoms with Crippen molar-refractivity contribution in [3.63, 3.8) is 0 Å². The first-order chi connectivity index (χ1) is 8.49. The molecule has 0 aliphatic carbocycles. The van der Waals surface area contributed by atoms with E-state index in [1.165, 1.54) is 21.6 Å². The zero-order valence-corrected chi connectivity index (χ0v) is 12.9. The van der Waals surface area contributed by atoms with Gasteiger partial charge in [-0.3, -0.25) is 0 Å². The first-order valence-corrected chi connectivity index (χ1v) is 7.19. The minimum absolute atomic E-state index is 0.181. The van der Waals surface area contributed by atoms with Crippen molar-refractivity contribution < 1.29 is 0 Å². The maximum Gasteiger partial charge on any atom is 0.146 e. The largest absolute Gasteiger partial charge is 0.383 e. The summed E-state index contributed by atoms with van der Waals surface area (Å²) in [5.74, 6) is 1.16. The number of nitrogen functional groups attached to an aromatic ring is 1. The van der Waals surface area contributed by atoms with Gasteiger partial charge in [0, 0.05) is 9.75 Å². The van der Waals surface area contributed by atoms with E-state index in [1.807, 2.05) is 0 Å². The van der Waals surface area contributed by atoms with E-state index in [2.05, 4.69) is 58.1 Å². The Bertz CT molecular complexity index is 567. The van der Waals surface area contributed by atoms with Gasteiger partial charge in [-0.15, -0.1) is 11.3 Å². The van der Waals surface area contributed by atoms with Crippen molar-refractivity contribution in [2.24, 2.45) is 0 Å². The van der Waals surface area contributed by atoms with Crippen LogP contribution in [0.1, 0.15) is 28.3 Å². The molecule has 1 atom stereocenters. The molecular formula is C12H15BrN4S. The monoisotopic (exact) mass is 326 g/mol. The number of nitrogens with zero attached hydrogens (tertiary/aromatic N) is 2. The van der Waals surface area contributed by atoms with Crippen LogP contribution < -0.4 is 11.1 Å². The summed E-state index contributed by atoms with van der Waals surface area (Å²) in [7, 11) is 0. The zero-order chi connectivity index (χ0) is 13.3. The number of nitrogens with one attached hydrogen (secondary N) is 1. The smallest absolute Gasteiger partial charge is 0.146 e. The van der Waals surface area contributed by atoms with E-state index >= 15 is 0 Å². The topological polar surface area (TPSA) is 63.8 Å². The number of hydrogen-bond acceptors (Lipinski definition) is 5. The Morgan fingerprint density at radius 3 is 2.72 bits per heavy atom. The number of hydrogen-bond donors (Lipinski definition) is 2. The molecule has 0 spiro atoms. The summed E-state index contributed by atoms with van der Waals surface area (Å²) in [6.07, 6.45) is 1.46. The molecule has 0 aliphatic heterocycles. The summed E-state index contributed by atoms with van der Waals surface area (Å²) >= 11 is 5.20. The predicted octanol–water partition coefficient (Wildman–Crippen LogP) is 3.67. The molecule has 0 aromatic carbocycles. The van der Waals surface area contributed by atoms with Gasteiger partial charge in [-0.05, 0) is 48.3 Å². The van der Waals surface area contributed by atoms with Crippen molar-refractivity contribution in [1.29, 1.82) is 0 Å². The second-order valence-electron chi connectivity index (χ2n) is 4.16. The van der Waals surface area contributed by atoms with Gasteiger partial charge in [0.15, 0.2) is 0 Å². The molecule has 2 aromatic heterocycles. The van der Waals surface area contributed by atoms with Crippen LogP contribution in [0.25, 0.3) is 0 Å². The van der Waals surface area contributed by atoms with Crippen LogP contribution in [0.3, 0.4) is 0 Å². The standard InChI is InChI=1S/C12H15BrN4S/c1-6-4-9(8(3)18-6)7(2)17-12-10(13)11(14)15-5-16-12/h4-5,7H,1-3H3,(H3,14,15,16,17). The summed E-state index contributed by atoms with van der Waals surface area (Å²) in [6.45, 7) is 6.36. The van der Waals surface area contributed by atoms with Crippen LogP contribution in [0.5, 0.6) is 0 Å². The average molecular weight is 327 g/mol. The quantitative estimate of drug-likeness (QED) is 0.903. The fourth-order valence-corrected chi connectivity index (χ4v) is 3.19. The summed E-state index contributed by atoms with van der Waals surface area (Å²) in [4.78, 5) is 10.8. The third kappa shape index (κ3) is 2.64. The van der Waals surface area contributed by atoms with Gasteiger partial charge in [-0.25, -0.2) is 9.97 Å². The van der Waals surface area contributed by atoms with Crippen LogP contribution in [0.4, 0.5) is 11.6 Å². The fourth-order valence-electron chi connectivity index (χ4n) is 1.85.